The molecule has 0 aliphatic carbocycles. The Morgan fingerprint density at radius 1 is 1.43 bits per heavy atom. The third-order valence-corrected chi connectivity index (χ3v) is 3.95. The first-order chi connectivity index (χ1) is 6.58. The normalized spacial score (nSPS) is 11.9. The zero-order chi connectivity index (χ0) is 10.6. The van der Waals surface area contributed by atoms with Gasteiger partial charge in [0, 0.05) is 12.4 Å². The number of hydrogen-bond donors (Lipinski definition) is 0. The van der Waals surface area contributed by atoms with Crippen molar-refractivity contribution in [1.82, 2.24) is 20.2 Å². The number of unbranched alkanes of at least 4 members (excludes halogenated alkanes) is 1. The van der Waals surface area contributed by atoms with Crippen LogP contribution in [0.3, 0.4) is 0 Å². The molecule has 0 aromatic carbocycles. The van der Waals surface area contributed by atoms with Gasteiger partial charge in [-0.2, -0.15) is 0 Å². The average Bonchev–Trinajstić information content (AvgIpc) is 2.52. The van der Waals surface area contributed by atoms with Crippen LogP contribution in [0.25, 0.3) is 0 Å². The Morgan fingerprint density at radius 2 is 2.14 bits per heavy atom. The highest BCUT2D eigenvalue weighted by Gasteiger charge is 2.20. The molecule has 0 saturated carbocycles. The molecule has 0 fully saturated rings. The Bertz CT molecular complexity index is 388. The first kappa shape index (κ1) is 11.6. The molecule has 0 amide bonds. The van der Waals surface area contributed by atoms with Crippen LogP contribution in [0.5, 0.6) is 0 Å². The molecule has 1 rings (SSSR count). The second-order valence-electron chi connectivity index (χ2n) is 2.80. The van der Waals surface area contributed by atoms with Crippen molar-refractivity contribution in [2.24, 2.45) is 7.05 Å². The molecule has 8 heteroatoms. The summed E-state index contributed by atoms with van der Waals surface area (Å²) >= 11 is 3.24. The van der Waals surface area contributed by atoms with Crippen LogP contribution < -0.4 is 0 Å². The van der Waals surface area contributed by atoms with Gasteiger partial charge >= 0.3 is 0 Å². The van der Waals surface area contributed by atoms with Crippen LogP contribution in [-0.2, 0) is 16.9 Å². The van der Waals surface area contributed by atoms with Crippen LogP contribution >= 0.6 is 15.9 Å². The Kier molecular flexibility index (Phi) is 3.99. The van der Waals surface area contributed by atoms with Crippen molar-refractivity contribution >= 4 is 25.8 Å². The fourth-order valence-electron chi connectivity index (χ4n) is 0.963. The summed E-state index contributed by atoms with van der Waals surface area (Å²) in [5, 5.41) is 11.0. The van der Waals surface area contributed by atoms with Crippen LogP contribution in [0.2, 0.25) is 0 Å². The van der Waals surface area contributed by atoms with Gasteiger partial charge in [-0.15, -0.1) is 0 Å². The SMILES string of the molecule is Cn1nnnc1S(=O)(=O)CCCCBr. The minimum atomic E-state index is -3.31. The van der Waals surface area contributed by atoms with E-state index in [-0.39, 0.29) is 10.9 Å². The van der Waals surface area contributed by atoms with Crippen molar-refractivity contribution in [3.8, 4) is 0 Å². The van der Waals surface area contributed by atoms with Crippen molar-refractivity contribution in [1.29, 1.82) is 0 Å². The van der Waals surface area contributed by atoms with E-state index in [2.05, 4.69) is 31.5 Å². The van der Waals surface area contributed by atoms with Gasteiger partial charge in [0.15, 0.2) is 0 Å². The van der Waals surface area contributed by atoms with Crippen LogP contribution in [-0.4, -0.2) is 39.7 Å². The maximum atomic E-state index is 11.6. The predicted molar refractivity (Wildman–Crippen MR) is 53.9 cm³/mol. The van der Waals surface area contributed by atoms with Crippen molar-refractivity contribution in [3.63, 3.8) is 0 Å². The summed E-state index contributed by atoms with van der Waals surface area (Å²) in [5.74, 6) is 0.0901. The zero-order valence-corrected chi connectivity index (χ0v) is 10.1. The molecule has 0 aliphatic heterocycles. The molecule has 0 saturated heterocycles. The van der Waals surface area contributed by atoms with E-state index >= 15 is 0 Å². The Labute approximate surface area is 90.7 Å². The summed E-state index contributed by atoms with van der Waals surface area (Å²) in [5.41, 5.74) is 0. The fourth-order valence-corrected chi connectivity index (χ4v) is 2.73. The van der Waals surface area contributed by atoms with Gasteiger partial charge in [0.05, 0.1) is 5.75 Å². The van der Waals surface area contributed by atoms with Crippen LogP contribution in [0, 0.1) is 0 Å². The largest absolute Gasteiger partial charge is 0.267 e. The van der Waals surface area contributed by atoms with E-state index in [1.54, 1.807) is 0 Å². The van der Waals surface area contributed by atoms with Crippen molar-refractivity contribution in [2.45, 2.75) is 18.0 Å². The van der Waals surface area contributed by atoms with Crippen LogP contribution in [0.15, 0.2) is 5.16 Å². The lowest BCUT2D eigenvalue weighted by Gasteiger charge is -2.00. The smallest absolute Gasteiger partial charge is 0.220 e. The number of aryl methyl sites for hydroxylation is 1. The summed E-state index contributed by atoms with van der Waals surface area (Å²) in [4.78, 5) is 0. The second-order valence-corrected chi connectivity index (χ2v) is 5.60. The lowest BCUT2D eigenvalue weighted by atomic mass is 10.4. The monoisotopic (exact) mass is 282 g/mol. The molecule has 1 aromatic heterocycles. The molecule has 0 N–H and O–H groups in total. The molecule has 80 valence electrons. The molecule has 0 bridgehead atoms. The van der Waals surface area contributed by atoms with Gasteiger partial charge < -0.3 is 0 Å². The number of rotatable bonds is 5. The molecule has 0 spiro atoms. The quantitative estimate of drug-likeness (QED) is 0.568. The lowest BCUT2D eigenvalue weighted by molar-refractivity contribution is 0.566. The molecule has 14 heavy (non-hydrogen) atoms. The first-order valence-corrected chi connectivity index (χ1v) is 6.86. The van der Waals surface area contributed by atoms with Crippen molar-refractivity contribution in [2.75, 3.05) is 11.1 Å². The predicted octanol–water partition coefficient (Wildman–Crippen LogP) is 0.159. The van der Waals surface area contributed by atoms with Crippen molar-refractivity contribution < 1.29 is 8.42 Å². The molecule has 0 aliphatic rings. The maximum Gasteiger partial charge on any atom is 0.267 e. The topological polar surface area (TPSA) is 77.7 Å². The second kappa shape index (κ2) is 4.83. The van der Waals surface area contributed by atoms with Gasteiger partial charge in [-0.3, -0.25) is 0 Å². The molecular weight excluding hydrogens is 272 g/mol. The van der Waals surface area contributed by atoms with E-state index in [9.17, 15) is 8.42 Å². The van der Waals surface area contributed by atoms with E-state index in [4.69, 9.17) is 0 Å². The Balaban J connectivity index is 2.72. The number of nitrogens with zero attached hydrogens (tertiary/aromatic N) is 4. The number of halogens is 1. The zero-order valence-electron chi connectivity index (χ0n) is 7.72. The average molecular weight is 283 g/mol. The molecule has 1 heterocycles. The third kappa shape index (κ3) is 2.74. The summed E-state index contributed by atoms with van der Waals surface area (Å²) < 4.78 is 24.4. The van der Waals surface area contributed by atoms with E-state index in [1.807, 2.05) is 0 Å². The van der Waals surface area contributed by atoms with Crippen LogP contribution in [0.4, 0.5) is 0 Å². The van der Waals surface area contributed by atoms with Gasteiger partial charge in [0.25, 0.3) is 5.16 Å². The Hall–Kier alpha value is -0.500. The van der Waals surface area contributed by atoms with Crippen molar-refractivity contribution in [3.05, 3.63) is 0 Å². The number of alkyl halides is 1. The number of sulfone groups is 1. The minimum absolute atomic E-state index is 0.0629. The standard InChI is InChI=1S/C6H11BrN4O2S/c1-11-6(8-9-10-11)14(12,13)5-3-2-4-7/h2-5H2,1H3. The van der Waals surface area contributed by atoms with Gasteiger partial charge in [-0.05, 0) is 23.3 Å². The first-order valence-electron chi connectivity index (χ1n) is 4.09. The van der Waals surface area contributed by atoms with Gasteiger partial charge in [0.2, 0.25) is 9.84 Å². The summed E-state index contributed by atoms with van der Waals surface area (Å²) in [7, 11) is -1.80. The number of tetrazole rings is 1. The summed E-state index contributed by atoms with van der Waals surface area (Å²) in [6.07, 6.45) is 1.44. The molecule has 0 unspecified atom stereocenters. The third-order valence-electron chi connectivity index (χ3n) is 1.66. The minimum Gasteiger partial charge on any atom is -0.220 e. The molecule has 0 atom stereocenters. The molecular formula is C6H11BrN4O2S. The van der Waals surface area contributed by atoms with E-state index in [0.717, 1.165) is 11.8 Å². The highest BCUT2D eigenvalue weighted by Crippen LogP contribution is 2.07. The van der Waals surface area contributed by atoms with E-state index < -0.39 is 9.84 Å². The van der Waals surface area contributed by atoms with E-state index in [0.29, 0.717) is 6.42 Å². The summed E-state index contributed by atoms with van der Waals surface area (Å²) in [6.45, 7) is 0. The number of aromatic nitrogens is 4. The maximum absolute atomic E-state index is 11.6. The fraction of sp³-hybridized carbons (Fsp3) is 0.833. The molecule has 0 radical (unpaired) electrons. The van der Waals surface area contributed by atoms with Crippen LogP contribution in [0.1, 0.15) is 12.8 Å². The van der Waals surface area contributed by atoms with Gasteiger partial charge in [-0.25, -0.2) is 13.1 Å². The summed E-state index contributed by atoms with van der Waals surface area (Å²) in [6, 6.07) is 0. The van der Waals surface area contributed by atoms with Gasteiger partial charge in [-0.1, -0.05) is 21.0 Å². The molecule has 6 nitrogen and oxygen atoms in total. The van der Waals surface area contributed by atoms with Gasteiger partial charge in [0.1, 0.15) is 0 Å². The Morgan fingerprint density at radius 3 is 2.64 bits per heavy atom. The highest BCUT2D eigenvalue weighted by atomic mass is 79.9. The highest BCUT2D eigenvalue weighted by molar-refractivity contribution is 9.09. The number of hydrogen-bond acceptors (Lipinski definition) is 5. The molecule has 1 aromatic rings. The van der Waals surface area contributed by atoms with E-state index in [1.165, 1.54) is 11.7 Å². The lowest BCUT2D eigenvalue weighted by Crippen LogP contribution is -2.13.